The van der Waals surface area contributed by atoms with Crippen LogP contribution in [0.1, 0.15) is 44.6 Å². The van der Waals surface area contributed by atoms with Crippen molar-refractivity contribution in [3.63, 3.8) is 0 Å². The summed E-state index contributed by atoms with van der Waals surface area (Å²) in [5.74, 6) is 0. The van der Waals surface area contributed by atoms with Gasteiger partial charge in [-0.1, -0.05) is 0 Å². The van der Waals surface area contributed by atoms with E-state index in [0.29, 0.717) is 0 Å². The van der Waals surface area contributed by atoms with E-state index in [9.17, 15) is 7.73 Å². The van der Waals surface area contributed by atoms with E-state index in [2.05, 4.69) is 6.92 Å². The Labute approximate surface area is 158 Å². The predicted molar refractivity (Wildman–Crippen MR) is 92.6 cm³/mol. The van der Waals surface area contributed by atoms with E-state index < -0.39 is 27.2 Å². The minimum atomic E-state index is -1.64. The van der Waals surface area contributed by atoms with Crippen molar-refractivity contribution in [3.05, 3.63) is 54.1 Å². The molecular formula is C20H26Co2O3. The molecule has 0 amide bonds. The molecule has 0 bridgehead atoms. The summed E-state index contributed by atoms with van der Waals surface area (Å²) in [7, 11) is 0. The van der Waals surface area contributed by atoms with Crippen molar-refractivity contribution in [2.24, 2.45) is 0 Å². The van der Waals surface area contributed by atoms with Gasteiger partial charge in [0.25, 0.3) is 0 Å². The molecule has 2 aromatic carbocycles. The van der Waals surface area contributed by atoms with Gasteiger partial charge in [-0.3, -0.25) is 0 Å². The average Bonchev–Trinajstić information content (AvgIpc) is 2.67. The van der Waals surface area contributed by atoms with Crippen LogP contribution in [-0.4, -0.2) is 5.11 Å². The number of hydrogen-bond acceptors (Lipinski definition) is 3. The fraction of sp³-hybridized carbons (Fsp3) is 0.400. The molecule has 1 N–H and O–H groups in total. The van der Waals surface area contributed by atoms with Gasteiger partial charge in [0, 0.05) is 0 Å². The van der Waals surface area contributed by atoms with Gasteiger partial charge in [-0.05, 0) is 0 Å². The van der Waals surface area contributed by atoms with Gasteiger partial charge in [-0.25, -0.2) is 0 Å². The van der Waals surface area contributed by atoms with E-state index in [0.717, 1.165) is 37.3 Å². The van der Waals surface area contributed by atoms with Crippen molar-refractivity contribution in [2.75, 3.05) is 0 Å². The van der Waals surface area contributed by atoms with Crippen molar-refractivity contribution in [2.45, 2.75) is 51.0 Å². The van der Waals surface area contributed by atoms with Crippen molar-refractivity contribution >= 4 is 13.5 Å². The number of hydrogen-bond donors (Lipinski definition) is 1. The summed E-state index contributed by atoms with van der Waals surface area (Å²) in [5, 5.41) is 9.80. The van der Waals surface area contributed by atoms with E-state index in [-0.39, 0.29) is 6.61 Å². The van der Waals surface area contributed by atoms with Gasteiger partial charge >= 0.3 is 159 Å². The Hall–Kier alpha value is -0.987. The Bertz CT molecular complexity index is 694. The van der Waals surface area contributed by atoms with Gasteiger partial charge < -0.3 is 0 Å². The average molecular weight is 432 g/mol. The first-order valence-corrected chi connectivity index (χ1v) is 11.7. The van der Waals surface area contributed by atoms with Crippen LogP contribution in [0.2, 0.25) is 5.36 Å². The van der Waals surface area contributed by atoms with Gasteiger partial charge in [0.2, 0.25) is 0 Å². The molecule has 0 atom stereocenters. The second-order valence-electron chi connectivity index (χ2n) is 5.73. The molecule has 2 aromatic rings. The van der Waals surface area contributed by atoms with Crippen LogP contribution in [-0.2, 0) is 41.5 Å². The van der Waals surface area contributed by atoms with Crippen molar-refractivity contribution in [3.8, 4) is 0 Å². The van der Waals surface area contributed by atoms with Crippen LogP contribution in [0.3, 0.4) is 0 Å². The maximum absolute atomic E-state index is 12.6. The first kappa shape index (κ1) is 20.3. The molecule has 0 unspecified atom stereocenters. The predicted octanol–water partition coefficient (Wildman–Crippen LogP) is 3.07. The van der Waals surface area contributed by atoms with Gasteiger partial charge in [0.05, 0.1) is 0 Å². The van der Waals surface area contributed by atoms with Gasteiger partial charge in [0.15, 0.2) is 0 Å². The van der Waals surface area contributed by atoms with E-state index in [1.165, 1.54) is 19.3 Å². The molecule has 0 saturated carbocycles. The SMILES string of the molecule is CCCCCC[CH2][Co](=[O])[c]1cc[c]([Co](=[O])[c]2ccc(CO)cc2)cc1. The Morgan fingerprint density at radius 3 is 1.84 bits per heavy atom. The zero-order chi connectivity index (χ0) is 18.1. The third-order valence-corrected chi connectivity index (χ3v) is 7.44. The van der Waals surface area contributed by atoms with Gasteiger partial charge in [-0.2, -0.15) is 0 Å². The summed E-state index contributed by atoms with van der Waals surface area (Å²) in [6, 6.07) is 14.5. The molecule has 3 nitrogen and oxygen atoms in total. The molecule has 0 heterocycles. The summed E-state index contributed by atoms with van der Waals surface area (Å²) < 4.78 is 27.3. The topological polar surface area (TPSA) is 54.4 Å². The summed E-state index contributed by atoms with van der Waals surface area (Å²) in [6.07, 6.45) is 5.82. The second-order valence-corrected chi connectivity index (χ2v) is 9.62. The molecule has 5 heteroatoms. The molecule has 2 rings (SSSR count). The standard InChI is InChI=1S/C7H7O.C7H15.C6H4.2Co.2O/c8-6-7-4-2-1-3-5-7;1-3-5-7-6-4-2;1-2-4-6-5-3-1;;;;/h2-5,8H,6H2;1,3-7H2,2H3;1-2,5-6H;;;;. The second kappa shape index (κ2) is 10.9. The van der Waals surface area contributed by atoms with Crippen LogP contribution in [0.15, 0.2) is 48.5 Å². The van der Waals surface area contributed by atoms with E-state index >= 15 is 0 Å². The molecule has 0 spiro atoms. The monoisotopic (exact) mass is 432 g/mol. The molecule has 25 heavy (non-hydrogen) atoms. The Morgan fingerprint density at radius 1 is 0.760 bits per heavy atom. The third-order valence-electron chi connectivity index (χ3n) is 3.79. The number of benzene rings is 2. The van der Waals surface area contributed by atoms with E-state index in [4.69, 9.17) is 5.11 Å². The van der Waals surface area contributed by atoms with Crippen molar-refractivity contribution in [1.29, 1.82) is 0 Å². The summed E-state index contributed by atoms with van der Waals surface area (Å²) in [4.78, 5) is 0. The van der Waals surface area contributed by atoms with Gasteiger partial charge in [-0.15, -0.1) is 0 Å². The Balaban J connectivity index is 1.94. The Kier molecular flexibility index (Phi) is 8.85. The zero-order valence-corrected chi connectivity index (χ0v) is 16.6. The fourth-order valence-electron chi connectivity index (χ4n) is 2.32. The van der Waals surface area contributed by atoms with Crippen LogP contribution in [0.25, 0.3) is 0 Å². The number of aliphatic hydroxyl groups excluding tert-OH is 1. The van der Waals surface area contributed by atoms with E-state index in [1.54, 1.807) is 24.3 Å². The molecule has 0 aromatic heterocycles. The van der Waals surface area contributed by atoms with Crippen molar-refractivity contribution in [1.82, 2.24) is 0 Å². The summed E-state index contributed by atoms with van der Waals surface area (Å²) >= 11 is -2.98. The minimum absolute atomic E-state index is 0.0169. The molecule has 0 saturated heterocycles. The van der Waals surface area contributed by atoms with E-state index in [1.807, 2.05) is 24.3 Å². The summed E-state index contributed by atoms with van der Waals surface area (Å²) in [5.41, 5.74) is 0.804. The van der Waals surface area contributed by atoms with Crippen LogP contribution in [0.4, 0.5) is 0 Å². The molecular weight excluding hydrogens is 406 g/mol. The quantitative estimate of drug-likeness (QED) is 0.588. The van der Waals surface area contributed by atoms with Crippen molar-refractivity contribution < 1.29 is 40.0 Å². The van der Waals surface area contributed by atoms with Gasteiger partial charge in [0.1, 0.15) is 0 Å². The molecule has 0 aliphatic carbocycles. The maximum atomic E-state index is 12.6. The van der Waals surface area contributed by atoms with Crippen LogP contribution < -0.4 is 13.5 Å². The number of unbranched alkanes of at least 4 members (excludes halogenated alkanes) is 4. The molecule has 142 valence electrons. The molecule has 0 fully saturated rings. The van der Waals surface area contributed by atoms with Crippen LogP contribution in [0.5, 0.6) is 0 Å². The molecule has 0 aliphatic heterocycles. The number of aliphatic hydroxyl groups is 1. The Morgan fingerprint density at radius 2 is 1.28 bits per heavy atom. The fourth-order valence-corrected chi connectivity index (χ4v) is 5.10. The first-order valence-electron chi connectivity index (χ1n) is 8.53. The van der Waals surface area contributed by atoms with Crippen LogP contribution >= 0.6 is 0 Å². The first-order chi connectivity index (χ1) is 12.2. The van der Waals surface area contributed by atoms with Crippen LogP contribution in [0, 0.1) is 0 Å². The molecule has 0 radical (unpaired) electrons. The number of rotatable bonds is 10. The third kappa shape index (κ3) is 6.35. The normalized spacial score (nSPS) is 12.1. The summed E-state index contributed by atoms with van der Waals surface area (Å²) in [6.45, 7) is 2.17. The zero-order valence-electron chi connectivity index (χ0n) is 14.5. The molecule has 0 aliphatic rings.